The molecular formula is C23H33N2O3S+. The van der Waals surface area contributed by atoms with Gasteiger partial charge in [-0.2, -0.15) is 0 Å². The molecule has 0 bridgehead atoms. The van der Waals surface area contributed by atoms with Gasteiger partial charge in [-0.3, -0.25) is 4.79 Å². The van der Waals surface area contributed by atoms with Crippen molar-refractivity contribution < 1.29 is 18.5 Å². The van der Waals surface area contributed by atoms with Crippen LogP contribution in [0.3, 0.4) is 0 Å². The van der Waals surface area contributed by atoms with E-state index in [0.717, 1.165) is 6.26 Å². The Bertz CT molecular complexity index is 943. The van der Waals surface area contributed by atoms with Crippen LogP contribution < -0.4 is 10.6 Å². The third-order valence-electron chi connectivity index (χ3n) is 5.00. The van der Waals surface area contributed by atoms with Gasteiger partial charge in [0.1, 0.15) is 6.04 Å². The fourth-order valence-electron chi connectivity index (χ4n) is 3.33. The lowest BCUT2D eigenvalue weighted by molar-refractivity contribution is -0.692. The Balaban J connectivity index is 2.09. The zero-order valence-corrected chi connectivity index (χ0v) is 19.0. The number of hydrogen-bond donors (Lipinski definition) is 2. The summed E-state index contributed by atoms with van der Waals surface area (Å²) in [5.74, 6) is 0.115. The van der Waals surface area contributed by atoms with E-state index in [1.54, 1.807) is 18.2 Å². The summed E-state index contributed by atoms with van der Waals surface area (Å²) in [7, 11) is -3.41. The maximum absolute atomic E-state index is 12.5. The van der Waals surface area contributed by atoms with Gasteiger partial charge >= 0.3 is 0 Å². The summed E-state index contributed by atoms with van der Waals surface area (Å²) < 4.78 is 23.8. The number of carbonyl (C=O) groups excluding carboxylic acids is 1. The van der Waals surface area contributed by atoms with E-state index >= 15 is 0 Å². The predicted octanol–water partition coefficient (Wildman–Crippen LogP) is 3.29. The number of rotatable bonds is 7. The molecule has 2 rings (SSSR count). The largest absolute Gasteiger partial charge is 0.332 e. The second-order valence-electron chi connectivity index (χ2n) is 8.90. The SMILES string of the molecule is CC(C)[C@H]([NH2+]CC(=O)Nc1ccccc1S(C)(=O)=O)c1ccc(C(C)(C)C)cc1. The van der Waals surface area contributed by atoms with Crippen LogP contribution in [0.4, 0.5) is 5.69 Å². The van der Waals surface area contributed by atoms with Crippen LogP contribution in [0.1, 0.15) is 51.8 Å². The number of nitrogens with one attached hydrogen (secondary N) is 1. The number of hydrogen-bond acceptors (Lipinski definition) is 3. The number of quaternary nitrogens is 1. The highest BCUT2D eigenvalue weighted by Crippen LogP contribution is 2.25. The fraction of sp³-hybridized carbons (Fsp3) is 0.435. The van der Waals surface area contributed by atoms with E-state index in [1.807, 2.05) is 5.32 Å². The molecule has 0 spiro atoms. The Kier molecular flexibility index (Phi) is 7.25. The first-order valence-electron chi connectivity index (χ1n) is 9.92. The van der Waals surface area contributed by atoms with Gasteiger partial charge in [0, 0.05) is 17.7 Å². The van der Waals surface area contributed by atoms with Crippen LogP contribution in [0.2, 0.25) is 0 Å². The molecule has 0 unspecified atom stereocenters. The Morgan fingerprint density at radius 3 is 2.14 bits per heavy atom. The highest BCUT2D eigenvalue weighted by molar-refractivity contribution is 7.90. The average molecular weight is 418 g/mol. The molecule has 1 atom stereocenters. The van der Waals surface area contributed by atoms with Gasteiger partial charge in [0.15, 0.2) is 16.4 Å². The minimum atomic E-state index is -3.41. The molecule has 0 aliphatic rings. The van der Waals surface area contributed by atoms with Crippen molar-refractivity contribution in [3.8, 4) is 0 Å². The third kappa shape index (κ3) is 6.41. The first-order chi connectivity index (χ1) is 13.4. The number of amides is 1. The maximum Gasteiger partial charge on any atom is 0.279 e. The molecule has 0 aromatic heterocycles. The molecule has 2 aromatic carbocycles. The summed E-state index contributed by atoms with van der Waals surface area (Å²) in [4.78, 5) is 12.6. The van der Waals surface area contributed by atoms with Gasteiger partial charge in [0.05, 0.1) is 10.6 Å². The number of nitrogens with two attached hydrogens (primary N) is 1. The summed E-state index contributed by atoms with van der Waals surface area (Å²) in [6, 6.07) is 15.2. The second-order valence-corrected chi connectivity index (χ2v) is 10.9. The van der Waals surface area contributed by atoms with E-state index in [1.165, 1.54) is 17.2 Å². The zero-order chi connectivity index (χ0) is 21.8. The van der Waals surface area contributed by atoms with E-state index in [-0.39, 0.29) is 28.8 Å². The fourth-order valence-corrected chi connectivity index (χ4v) is 4.17. The third-order valence-corrected chi connectivity index (χ3v) is 6.15. The Morgan fingerprint density at radius 1 is 1.03 bits per heavy atom. The maximum atomic E-state index is 12.5. The molecule has 0 aliphatic heterocycles. The van der Waals surface area contributed by atoms with E-state index < -0.39 is 9.84 Å². The number of para-hydroxylation sites is 1. The molecular weight excluding hydrogens is 384 g/mol. The van der Waals surface area contributed by atoms with E-state index in [2.05, 4.69) is 64.2 Å². The lowest BCUT2D eigenvalue weighted by Crippen LogP contribution is -2.88. The highest BCUT2D eigenvalue weighted by atomic mass is 32.2. The van der Waals surface area contributed by atoms with Gasteiger partial charge in [-0.05, 0) is 23.1 Å². The summed E-state index contributed by atoms with van der Waals surface area (Å²) in [6.45, 7) is 11.0. The van der Waals surface area contributed by atoms with Crippen molar-refractivity contribution in [1.82, 2.24) is 0 Å². The first kappa shape index (κ1) is 23.1. The second kappa shape index (κ2) is 9.09. The molecule has 3 N–H and O–H groups in total. The van der Waals surface area contributed by atoms with Crippen molar-refractivity contribution in [2.75, 3.05) is 18.1 Å². The van der Waals surface area contributed by atoms with Crippen LogP contribution in [0.25, 0.3) is 0 Å². The quantitative estimate of drug-likeness (QED) is 0.725. The highest BCUT2D eigenvalue weighted by Gasteiger charge is 2.22. The lowest BCUT2D eigenvalue weighted by atomic mass is 9.85. The van der Waals surface area contributed by atoms with E-state index in [4.69, 9.17) is 0 Å². The molecule has 0 heterocycles. The minimum Gasteiger partial charge on any atom is -0.332 e. The average Bonchev–Trinajstić information content (AvgIpc) is 2.61. The molecule has 0 saturated carbocycles. The molecule has 158 valence electrons. The first-order valence-corrected chi connectivity index (χ1v) is 11.8. The van der Waals surface area contributed by atoms with Crippen LogP contribution in [-0.2, 0) is 20.0 Å². The number of benzene rings is 2. The van der Waals surface area contributed by atoms with Crippen molar-refractivity contribution in [2.45, 2.75) is 51.0 Å². The molecule has 0 aliphatic carbocycles. The van der Waals surface area contributed by atoms with Crippen molar-refractivity contribution >= 4 is 21.4 Å². The predicted molar refractivity (Wildman–Crippen MR) is 118 cm³/mol. The van der Waals surface area contributed by atoms with E-state index in [9.17, 15) is 13.2 Å². The Labute approximate surface area is 174 Å². The van der Waals surface area contributed by atoms with Crippen molar-refractivity contribution in [3.05, 3.63) is 59.7 Å². The summed E-state index contributed by atoms with van der Waals surface area (Å²) in [5, 5.41) is 4.75. The standard InChI is InChI=1S/C23H32N2O3S/c1-16(2)22(17-11-13-18(14-12-17)23(3,4)5)24-15-21(26)25-19-9-7-8-10-20(19)29(6,27)28/h7-14,16,22,24H,15H2,1-6H3,(H,25,26)/p+1/t22-/m0/s1. The lowest BCUT2D eigenvalue weighted by Gasteiger charge is -2.22. The normalized spacial score (nSPS) is 13.3. The molecule has 0 fully saturated rings. The molecule has 1 amide bonds. The molecule has 0 radical (unpaired) electrons. The van der Waals surface area contributed by atoms with Gasteiger partial charge in [0.25, 0.3) is 5.91 Å². The number of sulfone groups is 1. The van der Waals surface area contributed by atoms with Crippen LogP contribution in [0.5, 0.6) is 0 Å². The summed E-state index contributed by atoms with van der Waals surface area (Å²) >= 11 is 0. The van der Waals surface area contributed by atoms with Gasteiger partial charge in [0.2, 0.25) is 0 Å². The van der Waals surface area contributed by atoms with Gasteiger partial charge in [-0.25, -0.2) is 8.42 Å². The number of carbonyl (C=O) groups is 1. The van der Waals surface area contributed by atoms with Gasteiger partial charge < -0.3 is 10.6 Å². The van der Waals surface area contributed by atoms with Crippen LogP contribution in [0, 0.1) is 5.92 Å². The van der Waals surface area contributed by atoms with Gasteiger partial charge in [-0.15, -0.1) is 0 Å². The van der Waals surface area contributed by atoms with Gasteiger partial charge in [-0.1, -0.05) is 71.0 Å². The molecule has 0 saturated heterocycles. The topological polar surface area (TPSA) is 79.8 Å². The van der Waals surface area contributed by atoms with Crippen molar-refractivity contribution in [2.24, 2.45) is 5.92 Å². The van der Waals surface area contributed by atoms with Crippen LogP contribution in [-0.4, -0.2) is 27.1 Å². The molecule has 2 aromatic rings. The Hall–Kier alpha value is -2.18. The summed E-state index contributed by atoms with van der Waals surface area (Å²) in [5.41, 5.74) is 2.88. The van der Waals surface area contributed by atoms with Crippen molar-refractivity contribution in [3.63, 3.8) is 0 Å². The smallest absolute Gasteiger partial charge is 0.279 e. The monoisotopic (exact) mass is 417 g/mol. The molecule has 6 heteroatoms. The molecule has 29 heavy (non-hydrogen) atoms. The minimum absolute atomic E-state index is 0.0997. The van der Waals surface area contributed by atoms with Crippen molar-refractivity contribution in [1.29, 1.82) is 0 Å². The summed E-state index contributed by atoms with van der Waals surface area (Å²) in [6.07, 6.45) is 1.14. The number of anilines is 1. The zero-order valence-electron chi connectivity index (χ0n) is 18.2. The van der Waals surface area contributed by atoms with Crippen LogP contribution >= 0.6 is 0 Å². The van der Waals surface area contributed by atoms with Crippen LogP contribution in [0.15, 0.2) is 53.4 Å². The van der Waals surface area contributed by atoms with E-state index in [0.29, 0.717) is 11.6 Å². The Morgan fingerprint density at radius 2 is 1.62 bits per heavy atom. The molecule has 5 nitrogen and oxygen atoms in total.